The van der Waals surface area contributed by atoms with E-state index < -0.39 is 0 Å². The van der Waals surface area contributed by atoms with Crippen LogP contribution in [0.4, 0.5) is 28.4 Å². The van der Waals surface area contributed by atoms with E-state index in [4.69, 9.17) is 0 Å². The molecule has 0 radical (unpaired) electrons. The molecule has 8 aromatic rings. The van der Waals surface area contributed by atoms with E-state index in [9.17, 15) is 0 Å². The zero-order valence-electron chi connectivity index (χ0n) is 28.9. The predicted octanol–water partition coefficient (Wildman–Crippen LogP) is 15.7. The largest absolute Gasteiger partial charge is 0.356 e. The molecule has 0 spiro atoms. The number of rotatable bonds is 7. The highest BCUT2D eigenvalue weighted by molar-refractivity contribution is 14.1. The van der Waals surface area contributed by atoms with Crippen molar-refractivity contribution < 1.29 is 0 Å². The van der Waals surface area contributed by atoms with E-state index in [1.54, 1.807) is 0 Å². The summed E-state index contributed by atoms with van der Waals surface area (Å²) >= 11 is 9.24. The molecule has 53 heavy (non-hydrogen) atoms. The van der Waals surface area contributed by atoms with Crippen molar-refractivity contribution in [2.24, 2.45) is 0 Å². The van der Waals surface area contributed by atoms with Gasteiger partial charge in [-0.3, -0.25) is 0 Å². The molecule has 8 rings (SSSR count). The fourth-order valence-electron chi connectivity index (χ4n) is 5.54. The Morgan fingerprint density at radius 2 is 0.604 bits per heavy atom. The minimum atomic E-state index is 1.09. The maximum atomic E-state index is 3.49. The molecule has 0 aliphatic rings. The number of para-hydroxylation sites is 4. The van der Waals surface area contributed by atoms with Gasteiger partial charge < -0.3 is 10.2 Å². The molecule has 0 aliphatic heterocycles. The molecule has 1 N–H and O–H groups in total. The molecule has 0 saturated carbocycles. The van der Waals surface area contributed by atoms with Crippen LogP contribution in [-0.4, -0.2) is 0 Å². The lowest BCUT2D eigenvalue weighted by Crippen LogP contribution is -2.09. The first-order valence-electron chi connectivity index (χ1n) is 17.2. The highest BCUT2D eigenvalue weighted by Gasteiger charge is 2.11. The van der Waals surface area contributed by atoms with Gasteiger partial charge in [-0.05, 0) is 142 Å². The number of hydrogen-bond donors (Lipinski definition) is 1. The van der Waals surface area contributed by atoms with Crippen LogP contribution in [0.15, 0.2) is 227 Å². The third-order valence-electron chi connectivity index (χ3n) is 8.19. The van der Waals surface area contributed by atoms with Gasteiger partial charge in [0.1, 0.15) is 0 Å². The lowest BCUT2D eigenvalue weighted by atomic mass is 10.0. The molecule has 260 valence electrons. The summed E-state index contributed by atoms with van der Waals surface area (Å²) in [6, 6.07) is 75.2. The minimum absolute atomic E-state index is 1.09. The molecular formula is C48H37Br2IN2. The van der Waals surface area contributed by atoms with Crippen LogP contribution in [0.1, 0.15) is 0 Å². The highest BCUT2D eigenvalue weighted by Crippen LogP contribution is 2.35. The summed E-state index contributed by atoms with van der Waals surface area (Å²) in [5.74, 6) is 0. The van der Waals surface area contributed by atoms with Crippen LogP contribution in [0.3, 0.4) is 0 Å². The number of hydrogen-bond acceptors (Lipinski definition) is 2. The van der Waals surface area contributed by atoms with Crippen LogP contribution in [0, 0.1) is 3.57 Å². The maximum Gasteiger partial charge on any atom is 0.0462 e. The first kappa shape index (κ1) is 37.8. The van der Waals surface area contributed by atoms with Crippen molar-refractivity contribution in [2.45, 2.75) is 0 Å². The molecule has 0 aliphatic carbocycles. The topological polar surface area (TPSA) is 15.3 Å². The zero-order chi connectivity index (χ0) is 36.7. The molecule has 0 atom stereocenters. The molecule has 0 fully saturated rings. The fourth-order valence-corrected chi connectivity index (χ4v) is 6.43. The number of nitrogens with one attached hydrogen (secondary N) is 1. The molecule has 0 amide bonds. The maximum absolute atomic E-state index is 3.49. The summed E-state index contributed by atoms with van der Waals surface area (Å²) in [4.78, 5) is 2.27. The summed E-state index contributed by atoms with van der Waals surface area (Å²) in [6.07, 6.45) is 0. The van der Waals surface area contributed by atoms with Gasteiger partial charge >= 0.3 is 0 Å². The average Bonchev–Trinajstić information content (AvgIpc) is 3.21. The smallest absolute Gasteiger partial charge is 0.0462 e. The van der Waals surface area contributed by atoms with Crippen LogP contribution in [0.5, 0.6) is 0 Å². The summed E-state index contributed by atoms with van der Waals surface area (Å²) in [7, 11) is 0. The minimum Gasteiger partial charge on any atom is -0.356 e. The lowest BCUT2D eigenvalue weighted by Gasteiger charge is -2.25. The second-order valence-corrected chi connectivity index (χ2v) is 15.0. The van der Waals surface area contributed by atoms with Crippen LogP contribution in [0.25, 0.3) is 22.3 Å². The van der Waals surface area contributed by atoms with E-state index in [0.717, 1.165) is 37.4 Å². The van der Waals surface area contributed by atoms with Crippen molar-refractivity contribution >= 4 is 82.9 Å². The standard InChI is InChI=1S/C24H18BrN.C12H8BrI.C12H11N/c25-21-15-11-19(12-16-21)20-13-17-24(18-14-20)26(22-7-3-1-4-8-22)23-9-5-2-6-10-23;13-11-5-1-9(2-6-11)10-3-7-12(14)8-4-10;1-3-7-11(8-4-1)13-12-9-5-2-6-10-12/h1-18H;1-8H;1-10,13H. The van der Waals surface area contributed by atoms with Gasteiger partial charge in [-0.1, -0.05) is 153 Å². The van der Waals surface area contributed by atoms with E-state index >= 15 is 0 Å². The molecule has 0 unspecified atom stereocenters. The van der Waals surface area contributed by atoms with Crippen LogP contribution < -0.4 is 10.2 Å². The first-order valence-corrected chi connectivity index (χ1v) is 19.8. The highest BCUT2D eigenvalue weighted by atomic mass is 127. The molecule has 8 aromatic carbocycles. The van der Waals surface area contributed by atoms with Crippen molar-refractivity contribution in [3.8, 4) is 22.3 Å². The van der Waals surface area contributed by atoms with Gasteiger partial charge in [0.25, 0.3) is 0 Å². The summed E-state index contributed by atoms with van der Waals surface area (Å²) < 4.78 is 3.48. The summed E-state index contributed by atoms with van der Waals surface area (Å²) in [6.45, 7) is 0. The number of anilines is 5. The van der Waals surface area contributed by atoms with E-state index in [0.29, 0.717) is 0 Å². The Morgan fingerprint density at radius 3 is 0.962 bits per heavy atom. The SMILES string of the molecule is Brc1ccc(-c2ccc(I)cc2)cc1.Brc1ccc(-c2ccc(N(c3ccccc3)c3ccccc3)cc2)cc1.c1ccc(Nc2ccccc2)cc1. The summed E-state index contributed by atoms with van der Waals surface area (Å²) in [5, 5.41) is 3.30. The van der Waals surface area contributed by atoms with Gasteiger partial charge in [0.2, 0.25) is 0 Å². The molecule has 0 saturated heterocycles. The Bertz CT molecular complexity index is 2110. The molecule has 5 heteroatoms. The van der Waals surface area contributed by atoms with Crippen molar-refractivity contribution in [3.05, 3.63) is 231 Å². The first-order chi connectivity index (χ1) is 26.0. The van der Waals surface area contributed by atoms with Crippen LogP contribution in [-0.2, 0) is 0 Å². The zero-order valence-corrected chi connectivity index (χ0v) is 34.2. The van der Waals surface area contributed by atoms with Gasteiger partial charge in [-0.25, -0.2) is 0 Å². The van der Waals surface area contributed by atoms with Crippen molar-refractivity contribution in [1.82, 2.24) is 0 Å². The van der Waals surface area contributed by atoms with Gasteiger partial charge in [-0.15, -0.1) is 0 Å². The van der Waals surface area contributed by atoms with Gasteiger partial charge in [-0.2, -0.15) is 0 Å². The molecule has 0 bridgehead atoms. The summed E-state index contributed by atoms with van der Waals surface area (Å²) in [5.41, 5.74) is 10.6. The number of benzene rings is 8. The Labute approximate surface area is 343 Å². The Balaban J connectivity index is 0.000000150. The predicted molar refractivity (Wildman–Crippen MR) is 243 cm³/mol. The third-order valence-corrected chi connectivity index (χ3v) is 9.97. The molecule has 0 heterocycles. The Morgan fingerprint density at radius 1 is 0.321 bits per heavy atom. The second-order valence-electron chi connectivity index (χ2n) is 11.9. The van der Waals surface area contributed by atoms with E-state index in [-0.39, 0.29) is 0 Å². The van der Waals surface area contributed by atoms with Crippen LogP contribution >= 0.6 is 54.5 Å². The second kappa shape index (κ2) is 19.8. The Kier molecular flexibility index (Phi) is 14.1. The van der Waals surface area contributed by atoms with E-state index in [2.05, 4.69) is 210 Å². The van der Waals surface area contributed by atoms with E-state index in [1.807, 2.05) is 72.8 Å². The van der Waals surface area contributed by atoms with Gasteiger partial charge in [0, 0.05) is 41.0 Å². The lowest BCUT2D eigenvalue weighted by molar-refractivity contribution is 1.28. The van der Waals surface area contributed by atoms with Crippen molar-refractivity contribution in [1.29, 1.82) is 0 Å². The van der Waals surface area contributed by atoms with Gasteiger partial charge in [0.15, 0.2) is 0 Å². The average molecular weight is 929 g/mol. The Hall–Kier alpha value is -4.95. The van der Waals surface area contributed by atoms with Gasteiger partial charge in [0.05, 0.1) is 0 Å². The third kappa shape index (κ3) is 11.5. The van der Waals surface area contributed by atoms with Crippen molar-refractivity contribution in [2.75, 3.05) is 10.2 Å². The van der Waals surface area contributed by atoms with E-state index in [1.165, 1.54) is 25.8 Å². The fraction of sp³-hybridized carbons (Fsp3) is 0. The molecule has 2 nitrogen and oxygen atoms in total. The number of nitrogens with zero attached hydrogens (tertiary/aromatic N) is 1. The number of halogens is 3. The van der Waals surface area contributed by atoms with Crippen molar-refractivity contribution in [3.63, 3.8) is 0 Å². The van der Waals surface area contributed by atoms with Crippen LogP contribution in [0.2, 0.25) is 0 Å². The monoisotopic (exact) mass is 926 g/mol. The molecule has 0 aromatic heterocycles. The quantitative estimate of drug-likeness (QED) is 0.160. The normalized spacial score (nSPS) is 10.2. The molecular weight excluding hydrogens is 891 g/mol.